The number of carboxylic acids is 1. The van der Waals surface area contributed by atoms with Gasteiger partial charge in [-0.2, -0.15) is 0 Å². The number of hydrogen-bond acceptors (Lipinski definition) is 8. The molecule has 43 heavy (non-hydrogen) atoms. The van der Waals surface area contributed by atoms with Gasteiger partial charge < -0.3 is 19.7 Å². The van der Waals surface area contributed by atoms with E-state index in [1.54, 1.807) is 13.8 Å². The van der Waals surface area contributed by atoms with Gasteiger partial charge in [0.15, 0.2) is 0 Å². The molecule has 0 aliphatic heterocycles. The van der Waals surface area contributed by atoms with Crippen molar-refractivity contribution in [2.75, 3.05) is 6.61 Å². The number of para-hydroxylation sites is 1. The SMILES string of the molecule is CCOC(=O)c1sc2c(c1C)c(=O)n(C(C)(C)C(=O)O)c(=O)n2C[C@H](CC1CCC(O)CC1)c1ccccc1OC(C)C. The fourth-order valence-corrected chi connectivity index (χ4v) is 7.17. The number of hydrogen-bond donors (Lipinski definition) is 2. The molecule has 234 valence electrons. The average Bonchev–Trinajstić information content (AvgIpc) is 3.29. The van der Waals surface area contributed by atoms with E-state index in [2.05, 4.69) is 0 Å². The number of fused-ring (bicyclic) bond motifs is 1. The van der Waals surface area contributed by atoms with E-state index in [-0.39, 0.29) is 47.5 Å². The van der Waals surface area contributed by atoms with E-state index in [1.165, 1.54) is 18.4 Å². The lowest BCUT2D eigenvalue weighted by molar-refractivity contribution is -0.146. The van der Waals surface area contributed by atoms with Gasteiger partial charge in [-0.15, -0.1) is 11.3 Å². The number of ether oxygens (including phenoxy) is 2. The zero-order valence-electron chi connectivity index (χ0n) is 25.7. The number of aromatic nitrogens is 2. The lowest BCUT2D eigenvalue weighted by atomic mass is 9.79. The molecule has 1 saturated carbocycles. The summed E-state index contributed by atoms with van der Waals surface area (Å²) in [5, 5.41) is 20.3. The van der Waals surface area contributed by atoms with Crippen molar-refractivity contribution in [3.63, 3.8) is 0 Å². The van der Waals surface area contributed by atoms with Gasteiger partial charge in [-0.25, -0.2) is 19.0 Å². The Kier molecular flexibility index (Phi) is 9.86. The number of benzene rings is 1. The zero-order chi connectivity index (χ0) is 31.6. The summed E-state index contributed by atoms with van der Waals surface area (Å²) in [6, 6.07) is 7.68. The van der Waals surface area contributed by atoms with Crippen LogP contribution in [0.1, 0.15) is 93.4 Å². The molecule has 0 bridgehead atoms. The van der Waals surface area contributed by atoms with Crippen molar-refractivity contribution in [1.29, 1.82) is 0 Å². The number of carbonyl (C=O) groups excluding carboxylic acids is 1. The fraction of sp³-hybridized carbons (Fsp3) is 0.562. The third kappa shape index (κ3) is 6.57. The lowest BCUT2D eigenvalue weighted by Gasteiger charge is -2.31. The van der Waals surface area contributed by atoms with Gasteiger partial charge in [0, 0.05) is 12.5 Å². The van der Waals surface area contributed by atoms with Crippen LogP contribution in [0.4, 0.5) is 0 Å². The Morgan fingerprint density at radius 1 is 1.12 bits per heavy atom. The molecule has 0 radical (unpaired) electrons. The molecular formula is C32H42N2O8S. The highest BCUT2D eigenvalue weighted by Gasteiger charge is 2.36. The Bertz CT molecular complexity index is 1610. The van der Waals surface area contributed by atoms with Gasteiger partial charge in [-0.3, -0.25) is 9.36 Å². The Labute approximate surface area is 254 Å². The molecule has 4 rings (SSSR count). The molecule has 0 unspecified atom stereocenters. The number of aliphatic hydroxyl groups is 1. The van der Waals surface area contributed by atoms with E-state index in [0.29, 0.717) is 35.4 Å². The lowest BCUT2D eigenvalue weighted by Crippen LogP contribution is -2.52. The van der Waals surface area contributed by atoms with Gasteiger partial charge in [0.05, 0.1) is 24.2 Å². The van der Waals surface area contributed by atoms with Crippen molar-refractivity contribution in [2.45, 2.75) is 104 Å². The predicted molar refractivity (Wildman–Crippen MR) is 166 cm³/mol. The van der Waals surface area contributed by atoms with Crippen LogP contribution in [-0.4, -0.2) is 50.1 Å². The highest BCUT2D eigenvalue weighted by molar-refractivity contribution is 7.20. The van der Waals surface area contributed by atoms with Gasteiger partial charge >= 0.3 is 17.6 Å². The monoisotopic (exact) mass is 614 g/mol. The smallest absolute Gasteiger partial charge is 0.348 e. The number of thiophene rings is 1. The maximum Gasteiger partial charge on any atom is 0.348 e. The van der Waals surface area contributed by atoms with Crippen molar-refractivity contribution >= 4 is 33.5 Å². The summed E-state index contributed by atoms with van der Waals surface area (Å²) in [7, 11) is 0. The second-order valence-electron chi connectivity index (χ2n) is 12.2. The van der Waals surface area contributed by atoms with Crippen LogP contribution in [0.5, 0.6) is 5.75 Å². The summed E-state index contributed by atoms with van der Waals surface area (Å²) >= 11 is 1.02. The Morgan fingerprint density at radius 2 is 1.77 bits per heavy atom. The minimum absolute atomic E-state index is 0.0913. The van der Waals surface area contributed by atoms with Crippen LogP contribution < -0.4 is 16.0 Å². The van der Waals surface area contributed by atoms with Crippen molar-refractivity contribution in [2.24, 2.45) is 5.92 Å². The van der Waals surface area contributed by atoms with Crippen molar-refractivity contribution in [1.82, 2.24) is 9.13 Å². The predicted octanol–water partition coefficient (Wildman–Crippen LogP) is 5.04. The molecule has 2 N–H and O–H groups in total. The van der Waals surface area contributed by atoms with Gasteiger partial charge in [-0.05, 0) is 96.8 Å². The number of aliphatic carboxylic acids is 1. The van der Waals surface area contributed by atoms with Crippen LogP contribution in [0.25, 0.3) is 10.2 Å². The summed E-state index contributed by atoms with van der Waals surface area (Å²) in [4.78, 5) is 53.8. The molecular weight excluding hydrogens is 572 g/mol. The number of carbonyl (C=O) groups is 2. The number of esters is 1. The minimum Gasteiger partial charge on any atom is -0.491 e. The summed E-state index contributed by atoms with van der Waals surface area (Å²) in [5.41, 5.74) is -2.11. The fourth-order valence-electron chi connectivity index (χ4n) is 5.97. The third-order valence-electron chi connectivity index (χ3n) is 8.31. The molecule has 1 fully saturated rings. The molecule has 0 amide bonds. The molecule has 1 aromatic carbocycles. The number of aryl methyl sites for hydroxylation is 1. The van der Waals surface area contributed by atoms with E-state index in [9.17, 15) is 29.4 Å². The van der Waals surface area contributed by atoms with Crippen LogP contribution in [0.2, 0.25) is 0 Å². The number of carboxylic acid groups (broad SMARTS) is 1. The van der Waals surface area contributed by atoms with Crippen LogP contribution in [0, 0.1) is 12.8 Å². The molecule has 1 aliphatic carbocycles. The van der Waals surface area contributed by atoms with Gasteiger partial charge in [0.25, 0.3) is 5.56 Å². The first-order chi connectivity index (χ1) is 20.3. The maximum atomic E-state index is 14.2. The highest BCUT2D eigenvalue weighted by atomic mass is 32.1. The van der Waals surface area contributed by atoms with Crippen LogP contribution >= 0.6 is 11.3 Å². The van der Waals surface area contributed by atoms with Crippen LogP contribution in [0.3, 0.4) is 0 Å². The molecule has 11 heteroatoms. The topological polar surface area (TPSA) is 137 Å². The minimum atomic E-state index is -1.85. The third-order valence-corrected chi connectivity index (χ3v) is 9.61. The van der Waals surface area contributed by atoms with Gasteiger partial charge in [0.1, 0.15) is 21.0 Å². The molecule has 1 aliphatic rings. The summed E-state index contributed by atoms with van der Waals surface area (Å²) < 4.78 is 13.7. The van der Waals surface area contributed by atoms with Gasteiger partial charge in [-0.1, -0.05) is 18.2 Å². The van der Waals surface area contributed by atoms with E-state index in [4.69, 9.17) is 9.47 Å². The number of aliphatic hydroxyl groups excluding tert-OH is 1. The molecule has 3 aromatic rings. The highest BCUT2D eigenvalue weighted by Crippen LogP contribution is 2.39. The number of nitrogens with zero attached hydrogens (tertiary/aromatic N) is 2. The summed E-state index contributed by atoms with van der Waals surface area (Å²) in [6.45, 7) is 10.1. The Morgan fingerprint density at radius 3 is 2.37 bits per heavy atom. The van der Waals surface area contributed by atoms with Crippen LogP contribution in [0.15, 0.2) is 33.9 Å². The molecule has 0 spiro atoms. The molecule has 2 aromatic heterocycles. The first kappa shape index (κ1) is 32.5. The zero-order valence-corrected chi connectivity index (χ0v) is 26.5. The standard InChI is InChI=1S/C32H42N2O8S/c1-7-41-29(37)26-19(4)25-27(36)34(32(5,6)30(38)39)31(40)33(28(25)43-26)17-21(16-20-12-14-22(35)15-13-20)23-10-8-9-11-24(23)42-18(2)3/h8-11,18,20-22,35H,7,12-17H2,1-6H3,(H,38,39)/t20?,21-,22?/m0/s1. The number of rotatable bonds is 11. The average molecular weight is 615 g/mol. The molecule has 2 heterocycles. The van der Waals surface area contributed by atoms with Crippen LogP contribution in [-0.2, 0) is 21.6 Å². The second-order valence-corrected chi connectivity index (χ2v) is 13.2. The van der Waals surface area contributed by atoms with E-state index >= 15 is 0 Å². The summed E-state index contributed by atoms with van der Waals surface area (Å²) in [6.07, 6.45) is 3.37. The van der Waals surface area contributed by atoms with E-state index in [0.717, 1.165) is 34.3 Å². The normalized spacial score (nSPS) is 18.1. The second kappa shape index (κ2) is 13.1. The molecule has 0 saturated heterocycles. The Balaban J connectivity index is 1.98. The van der Waals surface area contributed by atoms with Crippen molar-refractivity contribution < 1.29 is 29.3 Å². The Hall–Kier alpha value is -3.44. The van der Waals surface area contributed by atoms with Crippen molar-refractivity contribution in [3.8, 4) is 5.75 Å². The first-order valence-corrected chi connectivity index (χ1v) is 15.7. The summed E-state index contributed by atoms with van der Waals surface area (Å²) in [5.74, 6) is -1.20. The first-order valence-electron chi connectivity index (χ1n) is 14.9. The van der Waals surface area contributed by atoms with Gasteiger partial charge in [0.2, 0.25) is 0 Å². The van der Waals surface area contributed by atoms with E-state index < -0.39 is 28.7 Å². The van der Waals surface area contributed by atoms with E-state index in [1.807, 2.05) is 38.1 Å². The molecule has 10 nitrogen and oxygen atoms in total. The van der Waals surface area contributed by atoms with Crippen molar-refractivity contribution in [3.05, 3.63) is 61.1 Å². The maximum absolute atomic E-state index is 14.2. The largest absolute Gasteiger partial charge is 0.491 e. The quantitative estimate of drug-likeness (QED) is 0.287. The molecule has 1 atom stereocenters.